The topological polar surface area (TPSA) is 70.3 Å². The van der Waals surface area contributed by atoms with Gasteiger partial charge in [-0.2, -0.15) is 5.26 Å². The molecule has 0 spiro atoms. The predicted molar refractivity (Wildman–Crippen MR) is 53.8 cm³/mol. The Bertz CT molecular complexity index is 432. The molecule has 0 saturated carbocycles. The van der Waals surface area contributed by atoms with Crippen molar-refractivity contribution in [2.24, 2.45) is 0 Å². The molecule has 0 saturated heterocycles. The lowest BCUT2D eigenvalue weighted by atomic mass is 10.0. The average molecular weight is 205 g/mol. The second-order valence-corrected chi connectivity index (χ2v) is 3.13. The molecule has 0 aliphatic carbocycles. The van der Waals surface area contributed by atoms with Crippen molar-refractivity contribution in [2.75, 3.05) is 7.11 Å². The van der Waals surface area contributed by atoms with Crippen LogP contribution in [0.1, 0.15) is 16.7 Å². The van der Waals surface area contributed by atoms with Gasteiger partial charge in [0.1, 0.15) is 11.8 Å². The zero-order valence-corrected chi connectivity index (χ0v) is 8.57. The molecule has 0 amide bonds. The normalized spacial score (nSPS) is 9.40. The first-order valence-electron chi connectivity index (χ1n) is 4.38. The molecule has 0 unspecified atom stereocenters. The molecular weight excluding hydrogens is 194 g/mol. The number of aliphatic carboxylic acids is 1. The van der Waals surface area contributed by atoms with Crippen LogP contribution in [0, 0.1) is 18.3 Å². The van der Waals surface area contributed by atoms with Crippen LogP contribution in [0.4, 0.5) is 0 Å². The number of benzene rings is 1. The summed E-state index contributed by atoms with van der Waals surface area (Å²) >= 11 is 0. The zero-order chi connectivity index (χ0) is 11.4. The molecule has 0 aliphatic heterocycles. The van der Waals surface area contributed by atoms with Crippen molar-refractivity contribution in [1.29, 1.82) is 5.26 Å². The molecule has 0 atom stereocenters. The van der Waals surface area contributed by atoms with Crippen molar-refractivity contribution in [3.8, 4) is 11.8 Å². The van der Waals surface area contributed by atoms with Gasteiger partial charge in [0.05, 0.1) is 19.1 Å². The fourth-order valence-electron chi connectivity index (χ4n) is 1.42. The molecule has 15 heavy (non-hydrogen) atoms. The molecule has 1 aromatic carbocycles. The van der Waals surface area contributed by atoms with Crippen LogP contribution in [0.25, 0.3) is 0 Å². The van der Waals surface area contributed by atoms with E-state index in [9.17, 15) is 4.79 Å². The van der Waals surface area contributed by atoms with E-state index in [1.54, 1.807) is 12.1 Å². The number of nitriles is 1. The van der Waals surface area contributed by atoms with Gasteiger partial charge in [-0.3, -0.25) is 4.79 Å². The maximum Gasteiger partial charge on any atom is 0.307 e. The quantitative estimate of drug-likeness (QED) is 0.811. The van der Waals surface area contributed by atoms with Crippen LogP contribution in [0.15, 0.2) is 12.1 Å². The summed E-state index contributed by atoms with van der Waals surface area (Å²) in [6.45, 7) is 1.81. The van der Waals surface area contributed by atoms with E-state index in [0.29, 0.717) is 16.9 Å². The molecule has 1 N–H and O–H groups in total. The number of hydrogen-bond acceptors (Lipinski definition) is 3. The smallest absolute Gasteiger partial charge is 0.307 e. The van der Waals surface area contributed by atoms with Gasteiger partial charge in [0.2, 0.25) is 0 Å². The second kappa shape index (κ2) is 4.47. The van der Waals surface area contributed by atoms with Crippen molar-refractivity contribution >= 4 is 5.97 Å². The number of nitrogens with zero attached hydrogens (tertiary/aromatic N) is 1. The largest absolute Gasteiger partial charge is 0.495 e. The Labute approximate surface area is 87.7 Å². The highest BCUT2D eigenvalue weighted by Crippen LogP contribution is 2.26. The Morgan fingerprint density at radius 1 is 1.60 bits per heavy atom. The monoisotopic (exact) mass is 205 g/mol. The molecule has 0 radical (unpaired) electrons. The molecule has 1 rings (SSSR count). The lowest BCUT2D eigenvalue weighted by Crippen LogP contribution is -2.04. The standard InChI is InChI=1S/C11H11NO3/c1-7-3-4-8(5-10(13)14)9(6-12)11(7)15-2/h3-4H,5H2,1-2H3,(H,13,14). The van der Waals surface area contributed by atoms with Gasteiger partial charge in [-0.1, -0.05) is 12.1 Å². The number of carboxylic acids is 1. The molecule has 0 aliphatic rings. The summed E-state index contributed by atoms with van der Waals surface area (Å²) in [5.74, 6) is -0.506. The van der Waals surface area contributed by atoms with Crippen molar-refractivity contribution in [2.45, 2.75) is 13.3 Å². The van der Waals surface area contributed by atoms with E-state index >= 15 is 0 Å². The molecule has 0 heterocycles. The molecule has 0 bridgehead atoms. The summed E-state index contributed by atoms with van der Waals surface area (Å²) in [6, 6.07) is 5.36. The van der Waals surface area contributed by atoms with Gasteiger partial charge >= 0.3 is 5.97 Å². The van der Waals surface area contributed by atoms with E-state index in [2.05, 4.69) is 0 Å². The molecule has 4 heteroatoms. The average Bonchev–Trinajstić information content (AvgIpc) is 2.19. The summed E-state index contributed by atoms with van der Waals surface area (Å²) < 4.78 is 5.07. The molecule has 78 valence electrons. The van der Waals surface area contributed by atoms with E-state index in [-0.39, 0.29) is 6.42 Å². The molecule has 1 aromatic rings. The van der Waals surface area contributed by atoms with Crippen LogP contribution in [0.5, 0.6) is 5.75 Å². The van der Waals surface area contributed by atoms with E-state index in [0.717, 1.165) is 5.56 Å². The number of methoxy groups -OCH3 is 1. The zero-order valence-electron chi connectivity index (χ0n) is 8.57. The third-order valence-electron chi connectivity index (χ3n) is 2.10. The van der Waals surface area contributed by atoms with Gasteiger partial charge in [0.25, 0.3) is 0 Å². The highest BCUT2D eigenvalue weighted by molar-refractivity contribution is 5.72. The molecular formula is C11H11NO3. The maximum absolute atomic E-state index is 10.6. The summed E-state index contributed by atoms with van der Waals surface area (Å²) in [5.41, 5.74) is 1.61. The number of rotatable bonds is 3. The summed E-state index contributed by atoms with van der Waals surface area (Å²) in [6.07, 6.45) is -0.167. The molecule has 0 aromatic heterocycles. The minimum atomic E-state index is -0.961. The van der Waals surface area contributed by atoms with Crippen molar-refractivity contribution in [1.82, 2.24) is 0 Å². The Hall–Kier alpha value is -2.02. The van der Waals surface area contributed by atoms with Gasteiger partial charge in [-0.15, -0.1) is 0 Å². The van der Waals surface area contributed by atoms with Crippen LogP contribution < -0.4 is 4.74 Å². The summed E-state index contributed by atoms with van der Waals surface area (Å²) in [7, 11) is 1.47. The Morgan fingerprint density at radius 2 is 2.27 bits per heavy atom. The van der Waals surface area contributed by atoms with Crippen molar-refractivity contribution < 1.29 is 14.6 Å². The lowest BCUT2D eigenvalue weighted by Gasteiger charge is -2.09. The highest BCUT2D eigenvalue weighted by atomic mass is 16.5. The SMILES string of the molecule is COc1c(C)ccc(CC(=O)O)c1C#N. The van der Waals surface area contributed by atoms with Gasteiger partial charge in [0, 0.05) is 0 Å². The summed E-state index contributed by atoms with van der Waals surface area (Å²) in [5, 5.41) is 17.6. The van der Waals surface area contributed by atoms with Gasteiger partial charge < -0.3 is 9.84 Å². The maximum atomic E-state index is 10.6. The minimum Gasteiger partial charge on any atom is -0.495 e. The third kappa shape index (κ3) is 2.26. The van der Waals surface area contributed by atoms with E-state index in [1.807, 2.05) is 13.0 Å². The fourth-order valence-corrected chi connectivity index (χ4v) is 1.42. The molecule has 4 nitrogen and oxygen atoms in total. The van der Waals surface area contributed by atoms with E-state index < -0.39 is 5.97 Å². The van der Waals surface area contributed by atoms with Crippen LogP contribution in [-0.4, -0.2) is 18.2 Å². The summed E-state index contributed by atoms with van der Waals surface area (Å²) in [4.78, 5) is 10.6. The number of ether oxygens (including phenoxy) is 1. The fraction of sp³-hybridized carbons (Fsp3) is 0.273. The Morgan fingerprint density at radius 3 is 2.73 bits per heavy atom. The third-order valence-corrected chi connectivity index (χ3v) is 2.10. The number of aryl methyl sites for hydroxylation is 1. The van der Waals surface area contributed by atoms with Gasteiger partial charge in [-0.25, -0.2) is 0 Å². The van der Waals surface area contributed by atoms with Crippen molar-refractivity contribution in [3.05, 3.63) is 28.8 Å². The first-order valence-corrected chi connectivity index (χ1v) is 4.38. The Kier molecular flexibility index (Phi) is 3.29. The van der Waals surface area contributed by atoms with Crippen LogP contribution in [-0.2, 0) is 11.2 Å². The second-order valence-electron chi connectivity index (χ2n) is 3.13. The van der Waals surface area contributed by atoms with Crippen LogP contribution in [0.2, 0.25) is 0 Å². The Balaban J connectivity index is 3.30. The van der Waals surface area contributed by atoms with E-state index in [4.69, 9.17) is 15.1 Å². The van der Waals surface area contributed by atoms with Gasteiger partial charge in [0.15, 0.2) is 0 Å². The lowest BCUT2D eigenvalue weighted by molar-refractivity contribution is -0.136. The predicted octanol–water partition coefficient (Wildman–Crippen LogP) is 1.50. The molecule has 0 fully saturated rings. The number of carbonyl (C=O) groups is 1. The van der Waals surface area contributed by atoms with Crippen LogP contribution in [0.3, 0.4) is 0 Å². The van der Waals surface area contributed by atoms with Crippen LogP contribution >= 0.6 is 0 Å². The first-order chi connectivity index (χ1) is 7.10. The number of carboxylic acid groups (broad SMARTS) is 1. The minimum absolute atomic E-state index is 0.167. The van der Waals surface area contributed by atoms with E-state index in [1.165, 1.54) is 7.11 Å². The van der Waals surface area contributed by atoms with Gasteiger partial charge in [-0.05, 0) is 18.1 Å². The first kappa shape index (κ1) is 11.1. The number of hydrogen-bond donors (Lipinski definition) is 1. The van der Waals surface area contributed by atoms with Crippen molar-refractivity contribution in [3.63, 3.8) is 0 Å². The highest BCUT2D eigenvalue weighted by Gasteiger charge is 2.13.